The summed E-state index contributed by atoms with van der Waals surface area (Å²) in [4.78, 5) is 42.5. The van der Waals surface area contributed by atoms with E-state index in [1.165, 1.54) is 26.0 Å². The van der Waals surface area contributed by atoms with E-state index in [4.69, 9.17) is 0 Å². The van der Waals surface area contributed by atoms with Crippen LogP contribution in [0.1, 0.15) is 25.0 Å². The summed E-state index contributed by atoms with van der Waals surface area (Å²) >= 11 is 0. The molecule has 0 saturated heterocycles. The summed E-state index contributed by atoms with van der Waals surface area (Å²) in [5.41, 5.74) is 1.08. The van der Waals surface area contributed by atoms with Crippen LogP contribution in [-0.2, 0) is 26.4 Å². The fourth-order valence-electron chi connectivity index (χ4n) is 3.87. The van der Waals surface area contributed by atoms with Crippen LogP contribution < -0.4 is 40.2 Å². The maximum Gasteiger partial charge on any atom is 1.00 e. The number of nitrogens with one attached hydrogen (secondary N) is 2. The van der Waals surface area contributed by atoms with Gasteiger partial charge in [-0.25, -0.2) is 0 Å². The van der Waals surface area contributed by atoms with Gasteiger partial charge < -0.3 is 31.1 Å². The van der Waals surface area contributed by atoms with Gasteiger partial charge in [-0.2, -0.15) is 0 Å². The molecule has 0 spiro atoms. The van der Waals surface area contributed by atoms with Gasteiger partial charge in [-0.05, 0) is 61.4 Å². The zero-order valence-corrected chi connectivity index (χ0v) is 30.1. The minimum absolute atomic E-state index is 0. The summed E-state index contributed by atoms with van der Waals surface area (Å²) in [7, 11) is 0. The van der Waals surface area contributed by atoms with E-state index in [1.807, 2.05) is 0 Å². The van der Waals surface area contributed by atoms with Crippen molar-refractivity contribution in [2.45, 2.75) is 27.7 Å². The number of hydrogen-bond donors (Lipinski definition) is 6. The van der Waals surface area contributed by atoms with Crippen molar-refractivity contribution in [1.82, 2.24) is 0 Å². The van der Waals surface area contributed by atoms with Crippen LogP contribution in [0.15, 0.2) is 81.1 Å². The molecule has 4 aromatic rings. The molecule has 6 N–H and O–H groups in total. The van der Waals surface area contributed by atoms with Gasteiger partial charge in [0.05, 0.1) is 21.2 Å². The van der Waals surface area contributed by atoms with Crippen molar-refractivity contribution in [3.8, 4) is 23.0 Å². The summed E-state index contributed by atoms with van der Waals surface area (Å²) in [6, 6.07) is 12.8. The molecule has 0 aliphatic rings. The monoisotopic (exact) mass is 742 g/mol. The SMILES string of the molecule is CC(=O)Nc1cc(C)cc(N=Nc2cc([N+](=O)[O-])ccc2O)c1O.CC(=O)Nc1cc(C)cc(N=Nc2cc([N+](=O)[O-])ccc2O)c1O.[Co].[Na+]. The molecule has 4 rings (SSSR count). The number of phenolic OH excluding ortho intramolecular Hbond substituents is 4. The summed E-state index contributed by atoms with van der Waals surface area (Å²) in [5.74, 6) is -1.92. The summed E-state index contributed by atoms with van der Waals surface area (Å²) in [6.07, 6.45) is 0. The normalized spacial score (nSPS) is 10.3. The number of aromatic hydroxyl groups is 4. The Hall–Kier alpha value is -5.47. The maximum absolute atomic E-state index is 11.1. The number of non-ortho nitro benzene ring substituents is 2. The fraction of sp³-hybridized carbons (Fsp3) is 0.133. The molecule has 0 aromatic heterocycles. The maximum atomic E-state index is 11.1. The molecule has 0 aliphatic carbocycles. The van der Waals surface area contributed by atoms with Crippen molar-refractivity contribution >= 4 is 57.3 Å². The molecule has 0 saturated carbocycles. The van der Waals surface area contributed by atoms with Crippen molar-refractivity contribution in [3.05, 3.63) is 92.0 Å². The predicted octanol–water partition coefficient (Wildman–Crippen LogP) is 4.38. The Morgan fingerprint density at radius 1 is 0.600 bits per heavy atom. The van der Waals surface area contributed by atoms with Gasteiger partial charge in [0.1, 0.15) is 34.2 Å². The number of anilines is 2. The second-order valence-electron chi connectivity index (χ2n) is 9.98. The van der Waals surface area contributed by atoms with Gasteiger partial charge >= 0.3 is 29.6 Å². The van der Waals surface area contributed by atoms with Crippen molar-refractivity contribution in [3.63, 3.8) is 0 Å². The van der Waals surface area contributed by atoms with Crippen molar-refractivity contribution in [2.24, 2.45) is 20.5 Å². The van der Waals surface area contributed by atoms with E-state index < -0.39 is 9.85 Å². The second kappa shape index (κ2) is 18.9. The average Bonchev–Trinajstić information content (AvgIpc) is 2.99. The number of nitro benzene ring substituents is 2. The van der Waals surface area contributed by atoms with E-state index >= 15 is 0 Å². The van der Waals surface area contributed by atoms with Gasteiger partial charge in [-0.1, -0.05) is 0 Å². The third-order valence-electron chi connectivity index (χ3n) is 5.96. The van der Waals surface area contributed by atoms with Gasteiger partial charge in [-0.15, -0.1) is 20.5 Å². The number of phenols is 4. The molecule has 257 valence electrons. The van der Waals surface area contributed by atoms with Crippen LogP contribution in [0.5, 0.6) is 23.0 Å². The Labute approximate surface area is 315 Å². The Balaban J connectivity index is 0.000000481. The van der Waals surface area contributed by atoms with Crippen LogP contribution in [0.4, 0.5) is 45.5 Å². The number of benzene rings is 4. The smallest absolute Gasteiger partial charge is 0.506 e. The quantitative estimate of drug-likeness (QED) is 0.0487. The standard InChI is InChI=1S/2C15H14N4O5.Co.Na/c2*1-8-5-12(16-9(2)20)15(22)13(6-8)18-17-11-7-10(19(23)24)3-4-14(11)21;;/h2*3-7,21-22H,1-2H3,(H,16,20);;/q;;;+1. The third kappa shape index (κ3) is 11.9. The summed E-state index contributed by atoms with van der Waals surface area (Å²) in [6.45, 7) is 6.05. The second-order valence-corrected chi connectivity index (χ2v) is 9.98. The molecule has 1 radical (unpaired) electrons. The number of aryl methyl sites for hydroxylation is 2. The van der Waals surface area contributed by atoms with E-state index in [0.29, 0.717) is 11.1 Å². The Kier molecular flexibility index (Phi) is 16.1. The van der Waals surface area contributed by atoms with Crippen LogP contribution in [0.3, 0.4) is 0 Å². The molecule has 0 aliphatic heterocycles. The average molecular weight is 743 g/mol. The van der Waals surface area contributed by atoms with E-state index in [1.54, 1.807) is 26.0 Å². The number of rotatable bonds is 8. The van der Waals surface area contributed by atoms with Crippen molar-refractivity contribution in [1.29, 1.82) is 0 Å². The summed E-state index contributed by atoms with van der Waals surface area (Å²) in [5, 5.41) is 81.1. The molecular formula is C30H28CoN8NaO10+. The van der Waals surface area contributed by atoms with Crippen LogP contribution in [0, 0.1) is 34.1 Å². The van der Waals surface area contributed by atoms with Gasteiger partial charge in [0.25, 0.3) is 11.4 Å². The first-order valence-corrected chi connectivity index (χ1v) is 13.6. The number of carbonyl (C=O) groups is 2. The first-order chi connectivity index (χ1) is 22.5. The number of nitrogens with zero attached hydrogens (tertiary/aromatic N) is 6. The van der Waals surface area contributed by atoms with E-state index in [9.17, 15) is 50.2 Å². The Bertz CT molecular complexity index is 1850. The third-order valence-corrected chi connectivity index (χ3v) is 5.96. The fourth-order valence-corrected chi connectivity index (χ4v) is 3.87. The molecule has 0 atom stereocenters. The molecular weight excluding hydrogens is 714 g/mol. The first-order valence-electron chi connectivity index (χ1n) is 13.6. The number of hydrogen-bond acceptors (Lipinski definition) is 14. The molecule has 18 nitrogen and oxygen atoms in total. The molecule has 4 aromatic carbocycles. The van der Waals surface area contributed by atoms with Gasteiger partial charge in [0.2, 0.25) is 11.8 Å². The van der Waals surface area contributed by atoms with Crippen LogP contribution in [0.2, 0.25) is 0 Å². The molecule has 0 unspecified atom stereocenters. The number of nitro groups is 2. The number of amides is 2. The zero-order valence-electron chi connectivity index (χ0n) is 27.0. The first kappa shape index (κ1) is 42.5. The van der Waals surface area contributed by atoms with Crippen molar-refractivity contribution in [2.75, 3.05) is 10.6 Å². The molecule has 2 amide bonds. The minimum atomic E-state index is -0.627. The van der Waals surface area contributed by atoms with Gasteiger partial charge in [0, 0.05) is 54.9 Å². The Morgan fingerprint density at radius 2 is 0.920 bits per heavy atom. The summed E-state index contributed by atoms with van der Waals surface area (Å²) < 4.78 is 0. The molecule has 0 heterocycles. The zero-order chi connectivity index (χ0) is 35.7. The van der Waals surface area contributed by atoms with Crippen molar-refractivity contribution < 1.29 is 86.2 Å². The van der Waals surface area contributed by atoms with E-state index in [0.717, 1.165) is 36.4 Å². The molecule has 20 heteroatoms. The number of carbonyl (C=O) groups excluding carboxylic acids is 2. The topological polar surface area (TPSA) is 275 Å². The Morgan fingerprint density at radius 3 is 1.22 bits per heavy atom. The van der Waals surface area contributed by atoms with Crippen LogP contribution >= 0.6 is 0 Å². The molecule has 0 fully saturated rings. The molecule has 50 heavy (non-hydrogen) atoms. The van der Waals surface area contributed by atoms with Gasteiger partial charge in [-0.3, -0.25) is 29.8 Å². The number of azo groups is 2. The van der Waals surface area contributed by atoms with Crippen LogP contribution in [-0.4, -0.2) is 42.1 Å². The van der Waals surface area contributed by atoms with Gasteiger partial charge in [0.15, 0.2) is 11.5 Å². The largest absolute Gasteiger partial charge is 1.00 e. The molecule has 0 bridgehead atoms. The van der Waals surface area contributed by atoms with Crippen LogP contribution in [0.25, 0.3) is 0 Å². The van der Waals surface area contributed by atoms with E-state index in [2.05, 4.69) is 31.1 Å². The predicted molar refractivity (Wildman–Crippen MR) is 172 cm³/mol. The van der Waals surface area contributed by atoms with E-state index in [-0.39, 0.29) is 127 Å². The minimum Gasteiger partial charge on any atom is -0.506 e.